The van der Waals surface area contributed by atoms with Crippen molar-refractivity contribution in [1.82, 2.24) is 9.97 Å². The number of aromatic amines is 1. The number of fused-ring (bicyclic) bond motifs is 1. The predicted molar refractivity (Wildman–Crippen MR) is 113 cm³/mol. The van der Waals surface area contributed by atoms with E-state index in [0.29, 0.717) is 5.15 Å². The zero-order chi connectivity index (χ0) is 18.8. The fraction of sp³-hybridized carbons (Fsp3) is 0.174. The summed E-state index contributed by atoms with van der Waals surface area (Å²) in [7, 11) is 0. The van der Waals surface area contributed by atoms with E-state index in [1.165, 1.54) is 16.7 Å². The molecule has 2 heterocycles. The van der Waals surface area contributed by atoms with Gasteiger partial charge in [-0.3, -0.25) is 0 Å². The second kappa shape index (κ2) is 7.45. The zero-order valence-corrected chi connectivity index (χ0v) is 16.3. The van der Waals surface area contributed by atoms with Crippen molar-refractivity contribution in [2.75, 3.05) is 4.90 Å². The van der Waals surface area contributed by atoms with Gasteiger partial charge in [-0.2, -0.15) is 0 Å². The number of pyridine rings is 1. The SMILES string of the molecule is Cc1[nH]c2c(N(Cc3ccccc3)Cc3ccccc3)nc(Cl)cc2c1C. The Kier molecular flexibility index (Phi) is 4.87. The summed E-state index contributed by atoms with van der Waals surface area (Å²) in [5.74, 6) is 0.890. The minimum Gasteiger partial charge on any atom is -0.355 e. The van der Waals surface area contributed by atoms with E-state index in [0.717, 1.165) is 35.5 Å². The number of aromatic nitrogens is 2. The van der Waals surface area contributed by atoms with Crippen LogP contribution in [0.3, 0.4) is 0 Å². The van der Waals surface area contributed by atoms with Gasteiger partial charge in [0, 0.05) is 24.2 Å². The van der Waals surface area contributed by atoms with Crippen LogP contribution in [0.15, 0.2) is 66.7 Å². The molecule has 4 heteroatoms. The maximum atomic E-state index is 6.40. The predicted octanol–water partition coefficient (Wildman–Crippen LogP) is 6.04. The van der Waals surface area contributed by atoms with Gasteiger partial charge in [0.1, 0.15) is 5.15 Å². The summed E-state index contributed by atoms with van der Waals surface area (Å²) in [5.41, 5.74) is 5.89. The molecule has 0 radical (unpaired) electrons. The lowest BCUT2D eigenvalue weighted by molar-refractivity contribution is 0.787. The van der Waals surface area contributed by atoms with Gasteiger partial charge >= 0.3 is 0 Å². The van der Waals surface area contributed by atoms with Gasteiger partial charge in [-0.25, -0.2) is 4.98 Å². The third-order valence-corrected chi connectivity index (χ3v) is 5.17. The van der Waals surface area contributed by atoms with Gasteiger partial charge in [0.2, 0.25) is 0 Å². The number of benzene rings is 2. The molecule has 2 aromatic carbocycles. The highest BCUT2D eigenvalue weighted by molar-refractivity contribution is 6.30. The van der Waals surface area contributed by atoms with Crippen molar-refractivity contribution >= 4 is 28.3 Å². The summed E-state index contributed by atoms with van der Waals surface area (Å²) < 4.78 is 0. The number of rotatable bonds is 5. The molecular formula is C23H22ClN3. The van der Waals surface area contributed by atoms with E-state index >= 15 is 0 Å². The second-order valence-corrected chi connectivity index (χ2v) is 7.28. The Morgan fingerprint density at radius 3 is 2.00 bits per heavy atom. The molecule has 4 rings (SSSR count). The molecule has 0 aliphatic rings. The van der Waals surface area contributed by atoms with Crippen molar-refractivity contribution in [1.29, 1.82) is 0 Å². The first-order valence-electron chi connectivity index (χ1n) is 9.10. The Balaban J connectivity index is 1.82. The van der Waals surface area contributed by atoms with Crippen LogP contribution in [0, 0.1) is 13.8 Å². The van der Waals surface area contributed by atoms with Crippen LogP contribution in [0.1, 0.15) is 22.4 Å². The van der Waals surface area contributed by atoms with Gasteiger partial charge in [-0.05, 0) is 36.6 Å². The maximum absolute atomic E-state index is 6.40. The van der Waals surface area contributed by atoms with Gasteiger partial charge in [-0.1, -0.05) is 72.3 Å². The minimum atomic E-state index is 0.519. The molecule has 0 amide bonds. The fourth-order valence-corrected chi connectivity index (χ4v) is 3.63. The number of halogens is 1. The molecule has 136 valence electrons. The van der Waals surface area contributed by atoms with Crippen molar-refractivity contribution in [2.24, 2.45) is 0 Å². The van der Waals surface area contributed by atoms with Gasteiger partial charge in [-0.15, -0.1) is 0 Å². The van der Waals surface area contributed by atoms with Crippen molar-refractivity contribution in [2.45, 2.75) is 26.9 Å². The molecule has 0 fully saturated rings. The Hall–Kier alpha value is -2.78. The lowest BCUT2D eigenvalue weighted by Gasteiger charge is -2.25. The average molecular weight is 376 g/mol. The molecule has 0 aliphatic heterocycles. The van der Waals surface area contributed by atoms with E-state index in [-0.39, 0.29) is 0 Å². The van der Waals surface area contributed by atoms with E-state index in [4.69, 9.17) is 16.6 Å². The number of hydrogen-bond acceptors (Lipinski definition) is 2. The van der Waals surface area contributed by atoms with E-state index in [2.05, 4.69) is 72.3 Å². The Morgan fingerprint density at radius 1 is 0.889 bits per heavy atom. The van der Waals surface area contributed by atoms with Crippen LogP contribution in [0.4, 0.5) is 5.82 Å². The van der Waals surface area contributed by atoms with Crippen molar-refractivity contribution < 1.29 is 0 Å². The first-order chi connectivity index (χ1) is 13.1. The van der Waals surface area contributed by atoms with Crippen molar-refractivity contribution in [3.8, 4) is 0 Å². The van der Waals surface area contributed by atoms with Crippen LogP contribution in [0.25, 0.3) is 10.9 Å². The summed E-state index contributed by atoms with van der Waals surface area (Å²) in [6.07, 6.45) is 0. The molecule has 0 saturated carbocycles. The molecule has 0 bridgehead atoms. The van der Waals surface area contributed by atoms with Crippen molar-refractivity contribution in [3.63, 3.8) is 0 Å². The third-order valence-electron chi connectivity index (χ3n) is 4.98. The second-order valence-electron chi connectivity index (χ2n) is 6.89. The molecule has 2 aromatic heterocycles. The molecule has 0 aliphatic carbocycles. The molecule has 0 spiro atoms. The highest BCUT2D eigenvalue weighted by atomic mass is 35.5. The number of nitrogens with zero attached hydrogens (tertiary/aromatic N) is 2. The smallest absolute Gasteiger partial charge is 0.155 e. The number of H-pyrrole nitrogens is 1. The van der Waals surface area contributed by atoms with E-state index in [1.54, 1.807) is 0 Å². The van der Waals surface area contributed by atoms with Crippen LogP contribution >= 0.6 is 11.6 Å². The van der Waals surface area contributed by atoms with Gasteiger partial charge < -0.3 is 9.88 Å². The third kappa shape index (κ3) is 3.69. The summed E-state index contributed by atoms with van der Waals surface area (Å²) in [4.78, 5) is 10.5. The highest BCUT2D eigenvalue weighted by Crippen LogP contribution is 2.32. The maximum Gasteiger partial charge on any atom is 0.155 e. The van der Waals surface area contributed by atoms with Crippen LogP contribution in [-0.4, -0.2) is 9.97 Å². The molecule has 1 N–H and O–H groups in total. The first kappa shape index (κ1) is 17.6. The van der Waals surface area contributed by atoms with Gasteiger partial charge in [0.15, 0.2) is 5.82 Å². The lowest BCUT2D eigenvalue weighted by atomic mass is 10.1. The number of aryl methyl sites for hydroxylation is 2. The molecule has 0 saturated heterocycles. The van der Waals surface area contributed by atoms with Crippen LogP contribution in [0.5, 0.6) is 0 Å². The van der Waals surface area contributed by atoms with Gasteiger partial charge in [0.05, 0.1) is 5.52 Å². The topological polar surface area (TPSA) is 31.9 Å². The monoisotopic (exact) mass is 375 g/mol. The molecule has 27 heavy (non-hydrogen) atoms. The Labute approximate surface area is 164 Å². The van der Waals surface area contributed by atoms with Crippen molar-refractivity contribution in [3.05, 3.63) is 94.3 Å². The number of hydrogen-bond donors (Lipinski definition) is 1. The Bertz CT molecular complexity index is 1010. The standard InChI is InChI=1S/C23H22ClN3/c1-16-17(2)25-22-20(16)13-21(24)26-23(22)27(14-18-9-5-3-6-10-18)15-19-11-7-4-8-12-19/h3-13,25H,14-15H2,1-2H3. The zero-order valence-electron chi connectivity index (χ0n) is 15.5. The van der Waals surface area contributed by atoms with Crippen LogP contribution in [0.2, 0.25) is 5.15 Å². The Morgan fingerprint density at radius 2 is 1.44 bits per heavy atom. The summed E-state index contributed by atoms with van der Waals surface area (Å²) in [5, 5.41) is 1.65. The van der Waals surface area contributed by atoms with E-state index < -0.39 is 0 Å². The van der Waals surface area contributed by atoms with Crippen LogP contribution in [-0.2, 0) is 13.1 Å². The quantitative estimate of drug-likeness (QED) is 0.431. The average Bonchev–Trinajstić information content (AvgIpc) is 2.97. The minimum absolute atomic E-state index is 0.519. The lowest BCUT2D eigenvalue weighted by Crippen LogP contribution is -2.23. The fourth-order valence-electron chi connectivity index (χ4n) is 3.45. The number of anilines is 1. The summed E-state index contributed by atoms with van der Waals surface area (Å²) >= 11 is 6.40. The number of nitrogens with one attached hydrogen (secondary N) is 1. The normalized spacial score (nSPS) is 11.1. The summed E-state index contributed by atoms with van der Waals surface area (Å²) in [6.45, 7) is 5.73. The molecule has 4 aromatic rings. The highest BCUT2D eigenvalue weighted by Gasteiger charge is 2.18. The van der Waals surface area contributed by atoms with Gasteiger partial charge in [0.25, 0.3) is 0 Å². The van der Waals surface area contributed by atoms with E-state index in [1.807, 2.05) is 18.2 Å². The van der Waals surface area contributed by atoms with E-state index in [9.17, 15) is 0 Å². The molecule has 3 nitrogen and oxygen atoms in total. The molecular weight excluding hydrogens is 354 g/mol. The first-order valence-corrected chi connectivity index (χ1v) is 9.48. The van der Waals surface area contributed by atoms with Crippen LogP contribution < -0.4 is 4.90 Å². The summed E-state index contributed by atoms with van der Waals surface area (Å²) in [6, 6.07) is 22.9. The molecule has 0 atom stereocenters. The molecule has 0 unspecified atom stereocenters. The largest absolute Gasteiger partial charge is 0.355 e.